The summed E-state index contributed by atoms with van der Waals surface area (Å²) in [6.07, 6.45) is 0.454. The number of nitrogens with zero attached hydrogens (tertiary/aromatic N) is 3. The van der Waals surface area contributed by atoms with Crippen molar-refractivity contribution >= 4 is 11.6 Å². The van der Waals surface area contributed by atoms with Crippen LogP contribution in [-0.4, -0.2) is 66.3 Å². The monoisotopic (exact) mass is 304 g/mol. The SMILES string of the molecule is CC(=NNC(=O)CCN1CCN(C)CC1)c1ccc(O)cc1. The van der Waals surface area contributed by atoms with E-state index in [-0.39, 0.29) is 11.7 Å². The molecule has 22 heavy (non-hydrogen) atoms. The van der Waals surface area contributed by atoms with Crippen LogP contribution >= 0.6 is 0 Å². The number of hydrazone groups is 1. The van der Waals surface area contributed by atoms with Crippen LogP contribution in [0, 0.1) is 0 Å². The number of phenolic OH excluding ortho intramolecular Hbond substituents is 1. The van der Waals surface area contributed by atoms with Crippen molar-refractivity contribution in [3.05, 3.63) is 29.8 Å². The molecule has 6 nitrogen and oxygen atoms in total. The van der Waals surface area contributed by atoms with E-state index >= 15 is 0 Å². The third-order valence-corrected chi connectivity index (χ3v) is 3.88. The van der Waals surface area contributed by atoms with Crippen molar-refractivity contribution in [3.8, 4) is 5.75 Å². The zero-order valence-corrected chi connectivity index (χ0v) is 13.2. The Morgan fingerprint density at radius 2 is 1.86 bits per heavy atom. The summed E-state index contributed by atoms with van der Waals surface area (Å²) in [6, 6.07) is 6.74. The number of piperazine rings is 1. The van der Waals surface area contributed by atoms with Crippen LogP contribution in [0.3, 0.4) is 0 Å². The number of carbonyl (C=O) groups is 1. The molecular formula is C16H24N4O2. The number of carbonyl (C=O) groups excluding carboxylic acids is 1. The maximum Gasteiger partial charge on any atom is 0.241 e. The molecule has 2 N–H and O–H groups in total. The van der Waals surface area contributed by atoms with Gasteiger partial charge in [0.05, 0.1) is 5.71 Å². The number of nitrogens with one attached hydrogen (secondary N) is 1. The van der Waals surface area contributed by atoms with Crippen molar-refractivity contribution in [1.82, 2.24) is 15.2 Å². The number of rotatable bonds is 5. The number of amides is 1. The minimum Gasteiger partial charge on any atom is -0.508 e. The quantitative estimate of drug-likeness (QED) is 0.626. The molecule has 1 aromatic carbocycles. The van der Waals surface area contributed by atoms with E-state index in [1.807, 2.05) is 6.92 Å². The number of likely N-dealkylation sites (N-methyl/N-ethyl adjacent to an activating group) is 1. The predicted molar refractivity (Wildman–Crippen MR) is 87.0 cm³/mol. The van der Waals surface area contributed by atoms with E-state index in [0.29, 0.717) is 12.1 Å². The fourth-order valence-electron chi connectivity index (χ4n) is 2.30. The van der Waals surface area contributed by atoms with Gasteiger partial charge in [-0.25, -0.2) is 5.43 Å². The van der Waals surface area contributed by atoms with Gasteiger partial charge in [0.1, 0.15) is 5.75 Å². The Morgan fingerprint density at radius 3 is 2.50 bits per heavy atom. The molecule has 1 aliphatic heterocycles. The molecule has 0 spiro atoms. The first-order valence-electron chi connectivity index (χ1n) is 7.58. The number of phenols is 1. The lowest BCUT2D eigenvalue weighted by Crippen LogP contribution is -2.45. The molecule has 0 saturated carbocycles. The largest absolute Gasteiger partial charge is 0.508 e. The van der Waals surface area contributed by atoms with Gasteiger partial charge < -0.3 is 14.9 Å². The molecule has 1 fully saturated rings. The summed E-state index contributed by atoms with van der Waals surface area (Å²) in [5.74, 6) is 0.143. The summed E-state index contributed by atoms with van der Waals surface area (Å²) in [5.41, 5.74) is 4.18. The maximum atomic E-state index is 11.8. The molecule has 0 bridgehead atoms. The summed E-state index contributed by atoms with van der Waals surface area (Å²) in [7, 11) is 2.12. The van der Waals surface area contributed by atoms with Gasteiger partial charge in [-0.2, -0.15) is 5.10 Å². The summed E-state index contributed by atoms with van der Waals surface area (Å²) in [5, 5.41) is 13.4. The van der Waals surface area contributed by atoms with Gasteiger partial charge in [0.25, 0.3) is 0 Å². The highest BCUT2D eigenvalue weighted by Gasteiger charge is 2.14. The Hall–Kier alpha value is -1.92. The highest BCUT2D eigenvalue weighted by atomic mass is 16.3. The molecule has 120 valence electrons. The van der Waals surface area contributed by atoms with Crippen molar-refractivity contribution in [2.75, 3.05) is 39.8 Å². The normalized spacial score (nSPS) is 17.5. The highest BCUT2D eigenvalue weighted by Crippen LogP contribution is 2.10. The van der Waals surface area contributed by atoms with Gasteiger partial charge in [0.2, 0.25) is 5.91 Å². The van der Waals surface area contributed by atoms with Gasteiger partial charge >= 0.3 is 0 Å². The van der Waals surface area contributed by atoms with Gasteiger partial charge in [-0.1, -0.05) is 0 Å². The number of benzene rings is 1. The Kier molecular flexibility index (Phi) is 5.91. The molecular weight excluding hydrogens is 280 g/mol. The molecule has 2 rings (SSSR count). The van der Waals surface area contributed by atoms with Gasteiger partial charge in [0, 0.05) is 39.1 Å². The van der Waals surface area contributed by atoms with Crippen molar-refractivity contribution in [1.29, 1.82) is 0 Å². The van der Waals surface area contributed by atoms with Crippen LogP contribution in [0.1, 0.15) is 18.9 Å². The molecule has 1 saturated heterocycles. The van der Waals surface area contributed by atoms with Gasteiger partial charge in [0.15, 0.2) is 0 Å². The van der Waals surface area contributed by atoms with E-state index in [1.165, 1.54) is 0 Å². The summed E-state index contributed by atoms with van der Waals surface area (Å²) in [6.45, 7) is 6.74. The fourth-order valence-corrected chi connectivity index (χ4v) is 2.30. The number of aromatic hydroxyl groups is 1. The molecule has 6 heteroatoms. The van der Waals surface area contributed by atoms with Crippen LogP contribution in [0.2, 0.25) is 0 Å². The van der Waals surface area contributed by atoms with E-state index < -0.39 is 0 Å². The number of hydrogen-bond acceptors (Lipinski definition) is 5. The van der Waals surface area contributed by atoms with E-state index in [0.717, 1.165) is 38.3 Å². The van der Waals surface area contributed by atoms with E-state index in [1.54, 1.807) is 24.3 Å². The Labute approximate surface area is 131 Å². The van der Waals surface area contributed by atoms with E-state index in [9.17, 15) is 9.90 Å². The van der Waals surface area contributed by atoms with Gasteiger partial charge in [-0.3, -0.25) is 4.79 Å². The third-order valence-electron chi connectivity index (χ3n) is 3.88. The Bertz CT molecular complexity index is 519. The minimum absolute atomic E-state index is 0.0722. The van der Waals surface area contributed by atoms with Crippen molar-refractivity contribution in [3.63, 3.8) is 0 Å². The molecule has 0 atom stereocenters. The average Bonchev–Trinajstić information content (AvgIpc) is 2.52. The molecule has 1 amide bonds. The summed E-state index contributed by atoms with van der Waals surface area (Å²) >= 11 is 0. The maximum absolute atomic E-state index is 11.8. The molecule has 0 unspecified atom stereocenters. The molecule has 1 aliphatic rings. The van der Waals surface area contributed by atoms with E-state index in [4.69, 9.17) is 0 Å². The van der Waals surface area contributed by atoms with Gasteiger partial charge in [-0.15, -0.1) is 0 Å². The third kappa shape index (κ3) is 5.13. The molecule has 0 aromatic heterocycles. The first kappa shape index (κ1) is 16.5. The van der Waals surface area contributed by atoms with E-state index in [2.05, 4.69) is 27.4 Å². The fraction of sp³-hybridized carbons (Fsp3) is 0.500. The van der Waals surface area contributed by atoms with Crippen LogP contribution in [0.4, 0.5) is 0 Å². The first-order valence-corrected chi connectivity index (χ1v) is 7.58. The standard InChI is InChI=1S/C16H24N4O2/c1-13(14-3-5-15(21)6-4-14)17-18-16(22)7-8-20-11-9-19(2)10-12-20/h3-6,21H,7-12H2,1-2H3,(H,18,22). The second-order valence-corrected chi connectivity index (χ2v) is 5.67. The topological polar surface area (TPSA) is 68.2 Å². The van der Waals surface area contributed by atoms with Crippen molar-refractivity contribution in [2.45, 2.75) is 13.3 Å². The summed E-state index contributed by atoms with van der Waals surface area (Å²) < 4.78 is 0. The second kappa shape index (κ2) is 7.91. The number of hydrogen-bond donors (Lipinski definition) is 2. The molecule has 0 aliphatic carbocycles. The lowest BCUT2D eigenvalue weighted by atomic mass is 10.1. The Balaban J connectivity index is 1.74. The zero-order valence-electron chi connectivity index (χ0n) is 13.2. The smallest absolute Gasteiger partial charge is 0.241 e. The van der Waals surface area contributed by atoms with Crippen LogP contribution in [-0.2, 0) is 4.79 Å². The van der Waals surface area contributed by atoms with Crippen molar-refractivity contribution in [2.24, 2.45) is 5.10 Å². The van der Waals surface area contributed by atoms with Crippen LogP contribution < -0.4 is 5.43 Å². The predicted octanol–water partition coefficient (Wildman–Crippen LogP) is 0.870. The average molecular weight is 304 g/mol. The first-order chi connectivity index (χ1) is 10.5. The molecule has 1 heterocycles. The van der Waals surface area contributed by atoms with Crippen LogP contribution in [0.25, 0.3) is 0 Å². The lowest BCUT2D eigenvalue weighted by molar-refractivity contribution is -0.121. The highest BCUT2D eigenvalue weighted by molar-refractivity contribution is 5.99. The Morgan fingerprint density at radius 1 is 1.23 bits per heavy atom. The van der Waals surface area contributed by atoms with Gasteiger partial charge in [-0.05, 0) is 43.8 Å². The molecule has 0 radical (unpaired) electrons. The van der Waals surface area contributed by atoms with Crippen molar-refractivity contribution < 1.29 is 9.90 Å². The summed E-state index contributed by atoms with van der Waals surface area (Å²) in [4.78, 5) is 16.4. The van der Waals surface area contributed by atoms with Crippen LogP contribution in [0.15, 0.2) is 29.4 Å². The van der Waals surface area contributed by atoms with Crippen LogP contribution in [0.5, 0.6) is 5.75 Å². The molecule has 1 aromatic rings. The minimum atomic E-state index is -0.0722. The second-order valence-electron chi connectivity index (χ2n) is 5.67. The lowest BCUT2D eigenvalue weighted by Gasteiger charge is -2.32. The zero-order chi connectivity index (χ0) is 15.9.